The molecule has 0 atom stereocenters. The molecular formula is C13H18ClNO2. The second kappa shape index (κ2) is 5.92. The van der Waals surface area contributed by atoms with Crippen LogP contribution < -0.4 is 5.73 Å². The quantitative estimate of drug-likeness (QED) is 0.872. The summed E-state index contributed by atoms with van der Waals surface area (Å²) in [5.41, 5.74) is 7.05. The molecule has 0 saturated heterocycles. The zero-order valence-electron chi connectivity index (χ0n) is 9.69. The number of rotatable bonds is 3. The molecule has 2 rings (SSSR count). The number of hydrogen-bond donors (Lipinski definition) is 2. The van der Waals surface area contributed by atoms with Gasteiger partial charge in [-0.25, -0.2) is 0 Å². The Bertz CT molecular complexity index is 400. The van der Waals surface area contributed by atoms with Gasteiger partial charge in [0.05, 0.1) is 6.42 Å². The van der Waals surface area contributed by atoms with Crippen LogP contribution in [0.2, 0.25) is 0 Å². The molecule has 1 fully saturated rings. The highest BCUT2D eigenvalue weighted by atomic mass is 35.5. The first kappa shape index (κ1) is 13.8. The largest absolute Gasteiger partial charge is 0.508 e. The molecule has 4 heteroatoms. The molecule has 1 aromatic carbocycles. The Labute approximate surface area is 107 Å². The van der Waals surface area contributed by atoms with Crippen LogP contribution in [-0.2, 0) is 11.2 Å². The van der Waals surface area contributed by atoms with E-state index in [9.17, 15) is 9.90 Å². The van der Waals surface area contributed by atoms with Crippen molar-refractivity contribution in [2.45, 2.75) is 38.0 Å². The number of phenols is 1. The van der Waals surface area contributed by atoms with E-state index in [0.717, 1.165) is 24.0 Å². The Kier molecular flexibility index (Phi) is 4.82. The molecule has 1 saturated carbocycles. The molecule has 0 radical (unpaired) electrons. The first-order valence-electron chi connectivity index (χ1n) is 5.77. The standard InChI is InChI=1S/C13H17NO2.ClH/c14-12(16)8-10-6-3-7-11(15)13(10)9-4-1-2-5-9;/h3,6-7,9,15H,1-2,4-5,8H2,(H2,14,16);1H. The van der Waals surface area contributed by atoms with Gasteiger partial charge in [0.15, 0.2) is 0 Å². The summed E-state index contributed by atoms with van der Waals surface area (Å²) in [6.07, 6.45) is 4.83. The molecule has 0 aromatic heterocycles. The molecule has 0 aliphatic heterocycles. The van der Waals surface area contributed by atoms with E-state index in [1.807, 2.05) is 6.07 Å². The van der Waals surface area contributed by atoms with Gasteiger partial charge in [-0.1, -0.05) is 25.0 Å². The second-order valence-corrected chi connectivity index (χ2v) is 4.47. The molecule has 17 heavy (non-hydrogen) atoms. The summed E-state index contributed by atoms with van der Waals surface area (Å²) in [6.45, 7) is 0. The third-order valence-corrected chi connectivity index (χ3v) is 3.30. The minimum Gasteiger partial charge on any atom is -0.508 e. The van der Waals surface area contributed by atoms with Crippen LogP contribution in [0.3, 0.4) is 0 Å². The van der Waals surface area contributed by atoms with E-state index in [1.54, 1.807) is 12.1 Å². The van der Waals surface area contributed by atoms with E-state index in [1.165, 1.54) is 12.8 Å². The van der Waals surface area contributed by atoms with Crippen molar-refractivity contribution in [1.82, 2.24) is 0 Å². The highest BCUT2D eigenvalue weighted by molar-refractivity contribution is 5.85. The SMILES string of the molecule is Cl.NC(=O)Cc1cccc(O)c1C1CCCC1. The number of benzene rings is 1. The van der Waals surface area contributed by atoms with Crippen LogP contribution in [0.4, 0.5) is 0 Å². The Morgan fingerprint density at radius 1 is 1.35 bits per heavy atom. The van der Waals surface area contributed by atoms with Crippen molar-refractivity contribution < 1.29 is 9.90 Å². The smallest absolute Gasteiger partial charge is 0.221 e. The lowest BCUT2D eigenvalue weighted by Crippen LogP contribution is -2.15. The summed E-state index contributed by atoms with van der Waals surface area (Å²) in [6, 6.07) is 5.35. The Hall–Kier alpha value is -1.22. The van der Waals surface area contributed by atoms with Crippen molar-refractivity contribution in [2.24, 2.45) is 5.73 Å². The van der Waals surface area contributed by atoms with Gasteiger partial charge in [-0.3, -0.25) is 4.79 Å². The van der Waals surface area contributed by atoms with Gasteiger partial charge in [0.25, 0.3) is 0 Å². The molecule has 3 nitrogen and oxygen atoms in total. The molecule has 0 spiro atoms. The zero-order valence-corrected chi connectivity index (χ0v) is 10.5. The number of aromatic hydroxyl groups is 1. The first-order valence-corrected chi connectivity index (χ1v) is 5.77. The predicted molar refractivity (Wildman–Crippen MR) is 69.5 cm³/mol. The van der Waals surface area contributed by atoms with Crippen molar-refractivity contribution in [2.75, 3.05) is 0 Å². The molecule has 0 heterocycles. The number of carbonyl (C=O) groups is 1. The second-order valence-electron chi connectivity index (χ2n) is 4.47. The summed E-state index contributed by atoms with van der Waals surface area (Å²) in [7, 11) is 0. The van der Waals surface area contributed by atoms with Crippen LogP contribution in [0.1, 0.15) is 42.7 Å². The molecule has 1 aliphatic rings. The van der Waals surface area contributed by atoms with Crippen LogP contribution in [0, 0.1) is 0 Å². The monoisotopic (exact) mass is 255 g/mol. The minimum absolute atomic E-state index is 0. The fourth-order valence-corrected chi connectivity index (χ4v) is 2.63. The van der Waals surface area contributed by atoms with Crippen molar-refractivity contribution in [3.63, 3.8) is 0 Å². The van der Waals surface area contributed by atoms with E-state index in [-0.39, 0.29) is 24.7 Å². The average Bonchev–Trinajstić information content (AvgIpc) is 2.69. The van der Waals surface area contributed by atoms with Gasteiger partial charge in [0, 0.05) is 5.56 Å². The highest BCUT2D eigenvalue weighted by Crippen LogP contribution is 2.40. The molecule has 94 valence electrons. The average molecular weight is 256 g/mol. The predicted octanol–water partition coefficient (Wildman–Crippen LogP) is 2.50. The maximum atomic E-state index is 11.0. The molecule has 1 aromatic rings. The van der Waals surface area contributed by atoms with Gasteiger partial charge in [-0.05, 0) is 30.4 Å². The van der Waals surface area contributed by atoms with Crippen molar-refractivity contribution in [3.05, 3.63) is 29.3 Å². The van der Waals surface area contributed by atoms with Crippen LogP contribution in [0.25, 0.3) is 0 Å². The normalized spacial score (nSPS) is 15.5. The number of nitrogens with two attached hydrogens (primary N) is 1. The maximum Gasteiger partial charge on any atom is 0.221 e. The van der Waals surface area contributed by atoms with E-state index < -0.39 is 0 Å². The molecule has 3 N–H and O–H groups in total. The zero-order chi connectivity index (χ0) is 11.5. The summed E-state index contributed by atoms with van der Waals surface area (Å²) in [5.74, 6) is 0.367. The molecular weight excluding hydrogens is 238 g/mol. The third-order valence-electron chi connectivity index (χ3n) is 3.30. The lowest BCUT2D eigenvalue weighted by molar-refractivity contribution is -0.117. The summed E-state index contributed by atoms with van der Waals surface area (Å²) < 4.78 is 0. The van der Waals surface area contributed by atoms with Gasteiger partial charge in [0.1, 0.15) is 5.75 Å². The number of carbonyl (C=O) groups excluding carboxylic acids is 1. The van der Waals surface area contributed by atoms with Gasteiger partial charge in [-0.15, -0.1) is 12.4 Å². The molecule has 0 unspecified atom stereocenters. The number of phenolic OH excluding ortho intramolecular Hbond substituents is 1. The molecule has 1 amide bonds. The lowest BCUT2D eigenvalue weighted by Gasteiger charge is -2.16. The maximum absolute atomic E-state index is 11.0. The fraction of sp³-hybridized carbons (Fsp3) is 0.462. The van der Waals surface area contributed by atoms with E-state index in [4.69, 9.17) is 5.73 Å². The Balaban J connectivity index is 0.00000144. The van der Waals surface area contributed by atoms with Gasteiger partial charge < -0.3 is 10.8 Å². The van der Waals surface area contributed by atoms with Gasteiger partial charge in [0.2, 0.25) is 5.91 Å². The number of hydrogen-bond acceptors (Lipinski definition) is 2. The summed E-state index contributed by atoms with van der Waals surface area (Å²) in [4.78, 5) is 11.0. The Morgan fingerprint density at radius 3 is 2.59 bits per heavy atom. The Morgan fingerprint density at radius 2 is 2.00 bits per heavy atom. The van der Waals surface area contributed by atoms with Crippen molar-refractivity contribution in [1.29, 1.82) is 0 Å². The number of amides is 1. The number of primary amides is 1. The minimum atomic E-state index is -0.343. The van der Waals surface area contributed by atoms with Crippen molar-refractivity contribution in [3.8, 4) is 5.75 Å². The van der Waals surface area contributed by atoms with E-state index in [0.29, 0.717) is 11.7 Å². The topological polar surface area (TPSA) is 63.3 Å². The van der Waals surface area contributed by atoms with Crippen LogP contribution in [0.5, 0.6) is 5.75 Å². The van der Waals surface area contributed by atoms with Gasteiger partial charge in [-0.2, -0.15) is 0 Å². The molecule has 0 bridgehead atoms. The van der Waals surface area contributed by atoms with Crippen LogP contribution >= 0.6 is 12.4 Å². The van der Waals surface area contributed by atoms with Crippen LogP contribution in [-0.4, -0.2) is 11.0 Å². The first-order chi connectivity index (χ1) is 7.68. The highest BCUT2D eigenvalue weighted by Gasteiger charge is 2.23. The van der Waals surface area contributed by atoms with Crippen molar-refractivity contribution >= 4 is 18.3 Å². The third kappa shape index (κ3) is 3.13. The lowest BCUT2D eigenvalue weighted by atomic mass is 9.90. The van der Waals surface area contributed by atoms with E-state index >= 15 is 0 Å². The summed E-state index contributed by atoms with van der Waals surface area (Å²) >= 11 is 0. The van der Waals surface area contributed by atoms with Crippen LogP contribution in [0.15, 0.2) is 18.2 Å². The van der Waals surface area contributed by atoms with E-state index in [2.05, 4.69) is 0 Å². The molecule has 1 aliphatic carbocycles. The van der Waals surface area contributed by atoms with Gasteiger partial charge >= 0.3 is 0 Å². The fourth-order valence-electron chi connectivity index (χ4n) is 2.63. The summed E-state index contributed by atoms with van der Waals surface area (Å²) in [5, 5.41) is 9.91. The number of halogens is 1.